The van der Waals surface area contributed by atoms with E-state index in [2.05, 4.69) is 15.9 Å². The second-order valence-electron chi connectivity index (χ2n) is 6.40. The number of benzene rings is 1. The van der Waals surface area contributed by atoms with Gasteiger partial charge in [0.2, 0.25) is 0 Å². The van der Waals surface area contributed by atoms with Crippen molar-refractivity contribution in [1.29, 1.82) is 0 Å². The number of ether oxygens (including phenoxy) is 3. The number of hydrogen-bond acceptors (Lipinski definition) is 4. The molecule has 0 N–H and O–H groups in total. The Balaban J connectivity index is 2.24. The Bertz CT molecular complexity index is 471. The van der Waals surface area contributed by atoms with Crippen molar-refractivity contribution in [2.45, 2.75) is 46.0 Å². The molecule has 0 spiro atoms. The van der Waals surface area contributed by atoms with Gasteiger partial charge < -0.3 is 14.2 Å². The molecule has 1 aromatic rings. The Morgan fingerprint density at radius 2 is 1.50 bits per heavy atom. The van der Waals surface area contributed by atoms with Gasteiger partial charge >= 0.3 is 5.97 Å². The zero-order valence-electron chi connectivity index (χ0n) is 15.0. The highest BCUT2D eigenvalue weighted by molar-refractivity contribution is 9.09. The molecule has 0 aliphatic heterocycles. The van der Waals surface area contributed by atoms with Crippen LogP contribution in [0.15, 0.2) is 24.3 Å². The summed E-state index contributed by atoms with van der Waals surface area (Å²) in [7, 11) is 1.42. The molecule has 0 fully saturated rings. The minimum atomic E-state index is -0.468. The number of alkyl halides is 1. The highest BCUT2D eigenvalue weighted by Gasteiger charge is 2.27. The quantitative estimate of drug-likeness (QED) is 0.281. The molecule has 0 heterocycles. The summed E-state index contributed by atoms with van der Waals surface area (Å²) in [5.74, 6) is 1.51. The van der Waals surface area contributed by atoms with Gasteiger partial charge in [0.15, 0.2) is 0 Å². The fourth-order valence-corrected chi connectivity index (χ4v) is 2.67. The van der Waals surface area contributed by atoms with Crippen molar-refractivity contribution in [1.82, 2.24) is 0 Å². The van der Waals surface area contributed by atoms with Crippen LogP contribution in [0, 0.1) is 5.41 Å². The highest BCUT2D eigenvalue weighted by Crippen LogP contribution is 2.24. The summed E-state index contributed by atoms with van der Waals surface area (Å²) in [6, 6.07) is 7.69. The molecule has 24 heavy (non-hydrogen) atoms. The fourth-order valence-electron chi connectivity index (χ4n) is 2.28. The van der Waals surface area contributed by atoms with Crippen molar-refractivity contribution in [3.8, 4) is 11.5 Å². The summed E-state index contributed by atoms with van der Waals surface area (Å²) >= 11 is 3.42. The van der Waals surface area contributed by atoms with E-state index in [1.807, 2.05) is 38.1 Å². The lowest BCUT2D eigenvalue weighted by Crippen LogP contribution is -2.26. The normalized spacial score (nSPS) is 11.2. The summed E-state index contributed by atoms with van der Waals surface area (Å²) < 4.78 is 16.2. The number of rotatable bonds is 12. The number of carbonyl (C=O) groups excluding carboxylic acids is 1. The molecule has 0 saturated carbocycles. The minimum absolute atomic E-state index is 0.180. The van der Waals surface area contributed by atoms with E-state index in [4.69, 9.17) is 14.2 Å². The molecule has 136 valence electrons. The summed E-state index contributed by atoms with van der Waals surface area (Å²) in [6.45, 7) is 5.11. The number of esters is 1. The Labute approximate surface area is 154 Å². The van der Waals surface area contributed by atoms with Crippen molar-refractivity contribution < 1.29 is 19.0 Å². The second-order valence-corrected chi connectivity index (χ2v) is 7.19. The van der Waals surface area contributed by atoms with Gasteiger partial charge in [0.25, 0.3) is 0 Å². The molecule has 1 rings (SSSR count). The Morgan fingerprint density at radius 1 is 0.958 bits per heavy atom. The third-order valence-electron chi connectivity index (χ3n) is 3.82. The Morgan fingerprint density at radius 3 is 2.00 bits per heavy atom. The van der Waals surface area contributed by atoms with Gasteiger partial charge in [-0.2, -0.15) is 0 Å². The summed E-state index contributed by atoms with van der Waals surface area (Å²) in [5.41, 5.74) is -0.468. The van der Waals surface area contributed by atoms with E-state index in [-0.39, 0.29) is 5.97 Å². The van der Waals surface area contributed by atoms with Crippen molar-refractivity contribution in [3.63, 3.8) is 0 Å². The van der Waals surface area contributed by atoms with Crippen LogP contribution in [0.4, 0.5) is 0 Å². The van der Waals surface area contributed by atoms with Crippen LogP contribution >= 0.6 is 15.9 Å². The average molecular weight is 401 g/mol. The van der Waals surface area contributed by atoms with Gasteiger partial charge in [-0.25, -0.2) is 0 Å². The Hall–Kier alpha value is -1.23. The monoisotopic (exact) mass is 400 g/mol. The van der Waals surface area contributed by atoms with Gasteiger partial charge in [0.1, 0.15) is 11.5 Å². The van der Waals surface area contributed by atoms with Crippen molar-refractivity contribution in [2.24, 2.45) is 5.41 Å². The molecule has 0 radical (unpaired) electrons. The zero-order chi connectivity index (χ0) is 17.8. The number of unbranched alkanes of at least 4 members (excludes halogenated alkanes) is 2. The van der Waals surface area contributed by atoms with Crippen LogP contribution in [0.25, 0.3) is 0 Å². The maximum Gasteiger partial charge on any atom is 0.311 e. The number of methoxy groups -OCH3 is 1. The van der Waals surface area contributed by atoms with Crippen molar-refractivity contribution >= 4 is 21.9 Å². The smallest absolute Gasteiger partial charge is 0.311 e. The molecule has 0 aliphatic carbocycles. The molecule has 0 aliphatic rings. The van der Waals surface area contributed by atoms with Crippen molar-refractivity contribution in [3.05, 3.63) is 24.3 Å². The van der Waals surface area contributed by atoms with Crippen LogP contribution in [0.3, 0.4) is 0 Å². The standard InChI is InChI=1S/C19H29BrO4/c1-19(2,18(21)22-3)12-7-15-24-17-10-8-16(9-11-17)23-14-6-4-5-13-20/h8-11H,4-7,12-15H2,1-3H3. The van der Waals surface area contributed by atoms with Gasteiger partial charge in [0.05, 0.1) is 25.7 Å². The van der Waals surface area contributed by atoms with E-state index in [0.29, 0.717) is 6.61 Å². The van der Waals surface area contributed by atoms with E-state index < -0.39 is 5.41 Å². The predicted molar refractivity (Wildman–Crippen MR) is 100 cm³/mol. The molecule has 0 saturated heterocycles. The maximum atomic E-state index is 11.6. The van der Waals surface area contributed by atoms with E-state index in [1.165, 1.54) is 20.0 Å². The summed E-state index contributed by atoms with van der Waals surface area (Å²) in [4.78, 5) is 11.6. The third kappa shape index (κ3) is 8.04. The van der Waals surface area contributed by atoms with Gasteiger partial charge in [0, 0.05) is 5.33 Å². The summed E-state index contributed by atoms with van der Waals surface area (Å²) in [6.07, 6.45) is 4.96. The first-order chi connectivity index (χ1) is 11.5. The lowest BCUT2D eigenvalue weighted by Gasteiger charge is -2.21. The van der Waals surface area contributed by atoms with Gasteiger partial charge in [-0.3, -0.25) is 4.79 Å². The molecule has 0 atom stereocenters. The SMILES string of the molecule is COC(=O)C(C)(C)CCCOc1ccc(OCCCCCBr)cc1. The third-order valence-corrected chi connectivity index (χ3v) is 4.38. The minimum Gasteiger partial charge on any atom is -0.494 e. The largest absolute Gasteiger partial charge is 0.494 e. The first-order valence-electron chi connectivity index (χ1n) is 8.49. The van der Waals surface area contributed by atoms with Gasteiger partial charge in [-0.05, 0) is 70.2 Å². The lowest BCUT2D eigenvalue weighted by molar-refractivity contribution is -0.151. The first kappa shape index (κ1) is 20.8. The molecule has 1 aromatic carbocycles. The molecular weight excluding hydrogens is 372 g/mol. The van der Waals surface area contributed by atoms with Crippen LogP contribution in [-0.2, 0) is 9.53 Å². The van der Waals surface area contributed by atoms with Gasteiger partial charge in [-0.15, -0.1) is 0 Å². The molecule has 0 bridgehead atoms. The number of carbonyl (C=O) groups is 1. The first-order valence-corrected chi connectivity index (χ1v) is 9.62. The number of halogens is 1. The number of hydrogen-bond donors (Lipinski definition) is 0. The van der Waals surface area contributed by atoms with E-state index in [9.17, 15) is 4.79 Å². The van der Waals surface area contributed by atoms with Crippen LogP contribution in [0.1, 0.15) is 46.0 Å². The zero-order valence-corrected chi connectivity index (χ0v) is 16.6. The highest BCUT2D eigenvalue weighted by atomic mass is 79.9. The lowest BCUT2D eigenvalue weighted by atomic mass is 9.88. The fraction of sp³-hybridized carbons (Fsp3) is 0.632. The van der Waals surface area contributed by atoms with Gasteiger partial charge in [-0.1, -0.05) is 15.9 Å². The average Bonchev–Trinajstić information content (AvgIpc) is 2.59. The van der Waals surface area contributed by atoms with Crippen LogP contribution in [-0.4, -0.2) is 31.6 Å². The Kier molecular flexibility index (Phi) is 9.84. The molecule has 0 aromatic heterocycles. The summed E-state index contributed by atoms with van der Waals surface area (Å²) in [5, 5.41) is 1.05. The molecule has 0 unspecified atom stereocenters. The van der Waals surface area contributed by atoms with Crippen LogP contribution in [0.5, 0.6) is 11.5 Å². The maximum absolute atomic E-state index is 11.6. The molecule has 4 nitrogen and oxygen atoms in total. The second kappa shape index (κ2) is 11.3. The molecule has 0 amide bonds. The topological polar surface area (TPSA) is 44.8 Å². The van der Waals surface area contributed by atoms with E-state index >= 15 is 0 Å². The van der Waals surface area contributed by atoms with E-state index in [0.717, 1.165) is 42.7 Å². The predicted octanol–water partition coefficient (Wildman–Crippen LogP) is 4.99. The van der Waals surface area contributed by atoms with Crippen LogP contribution in [0.2, 0.25) is 0 Å². The van der Waals surface area contributed by atoms with E-state index in [1.54, 1.807) is 0 Å². The molecular formula is C19H29BrO4. The van der Waals surface area contributed by atoms with Crippen LogP contribution < -0.4 is 9.47 Å². The van der Waals surface area contributed by atoms with Crippen molar-refractivity contribution in [2.75, 3.05) is 25.7 Å². The molecule has 5 heteroatoms.